The van der Waals surface area contributed by atoms with Crippen molar-refractivity contribution >= 4 is 17.3 Å². The molecule has 1 saturated carbocycles. The predicted molar refractivity (Wildman–Crippen MR) is 159 cm³/mol. The number of aromatic hydroxyl groups is 1. The summed E-state index contributed by atoms with van der Waals surface area (Å²) in [5, 5.41) is 47.3. The number of benzene rings is 1. The van der Waals surface area contributed by atoms with Crippen LogP contribution >= 0.6 is 0 Å². The van der Waals surface area contributed by atoms with Gasteiger partial charge in [0.1, 0.15) is 22.8 Å². The lowest BCUT2D eigenvalue weighted by Gasteiger charge is -2.64. The van der Waals surface area contributed by atoms with Crippen LogP contribution in [0.4, 0.5) is 0 Å². The first-order valence-corrected chi connectivity index (χ1v) is 15.6. The number of ketones is 3. The topological polar surface area (TPSA) is 132 Å². The Kier molecular flexibility index (Phi) is 7.12. The van der Waals surface area contributed by atoms with Crippen LogP contribution in [0.25, 0.3) is 0 Å². The van der Waals surface area contributed by atoms with E-state index in [4.69, 9.17) is 0 Å². The van der Waals surface area contributed by atoms with Gasteiger partial charge in [0.05, 0.1) is 5.56 Å². The Morgan fingerprint density at radius 3 is 2.21 bits per heavy atom. The zero-order valence-corrected chi connectivity index (χ0v) is 26.0. The number of fused-ring (bicyclic) bond motifs is 3. The summed E-state index contributed by atoms with van der Waals surface area (Å²) in [6.07, 6.45) is 5.63. The minimum atomic E-state index is -2.63. The lowest BCUT2D eigenvalue weighted by molar-refractivity contribution is -0.189. The molecule has 7 nitrogen and oxygen atoms in total. The summed E-state index contributed by atoms with van der Waals surface area (Å²) in [7, 11) is 0. The fourth-order valence-electron chi connectivity index (χ4n) is 9.65. The van der Waals surface area contributed by atoms with Crippen LogP contribution < -0.4 is 0 Å². The molecule has 0 aliphatic heterocycles. The summed E-state index contributed by atoms with van der Waals surface area (Å²) >= 11 is 0. The van der Waals surface area contributed by atoms with Gasteiger partial charge in [-0.3, -0.25) is 14.4 Å². The normalized spacial score (nSPS) is 36.1. The van der Waals surface area contributed by atoms with Gasteiger partial charge in [0.15, 0.2) is 17.2 Å². The van der Waals surface area contributed by atoms with Crippen LogP contribution in [-0.4, -0.2) is 43.4 Å². The molecule has 4 aliphatic carbocycles. The molecule has 0 spiro atoms. The maximum atomic E-state index is 14.5. The van der Waals surface area contributed by atoms with E-state index in [1.54, 1.807) is 19.1 Å². The Morgan fingerprint density at radius 1 is 1.02 bits per heavy atom. The Hall–Kier alpha value is -2.93. The molecule has 0 aromatic heterocycles. The van der Waals surface area contributed by atoms with Crippen molar-refractivity contribution in [3.63, 3.8) is 0 Å². The highest BCUT2D eigenvalue weighted by atomic mass is 16.3. The molecular weight excluding hydrogens is 532 g/mol. The molecule has 0 bridgehead atoms. The molecule has 4 N–H and O–H groups in total. The fourth-order valence-corrected chi connectivity index (χ4v) is 9.65. The third-order valence-corrected chi connectivity index (χ3v) is 12.5. The third-order valence-electron chi connectivity index (χ3n) is 12.5. The highest BCUT2D eigenvalue weighted by Gasteiger charge is 2.74. The second-order valence-electron chi connectivity index (χ2n) is 14.3. The van der Waals surface area contributed by atoms with E-state index in [0.717, 1.165) is 38.5 Å². The number of Topliss-reactive ketones (excluding diaryl/α,β-unsaturated/α-hetero) is 3. The molecule has 0 saturated heterocycles. The average molecular weight is 579 g/mol. The summed E-state index contributed by atoms with van der Waals surface area (Å²) in [6, 6.07) is 4.85. The molecule has 228 valence electrons. The van der Waals surface area contributed by atoms with Crippen LogP contribution in [-0.2, 0) is 9.59 Å². The lowest BCUT2D eigenvalue weighted by atomic mass is 9.39. The van der Waals surface area contributed by atoms with Gasteiger partial charge in [0, 0.05) is 28.7 Å². The molecule has 0 radical (unpaired) electrons. The number of carbonyl (C=O) groups excluding carboxylic acids is 3. The van der Waals surface area contributed by atoms with Crippen LogP contribution in [0, 0.1) is 34.0 Å². The first kappa shape index (κ1) is 30.5. The van der Waals surface area contributed by atoms with Crippen LogP contribution in [0.15, 0.2) is 40.9 Å². The largest absolute Gasteiger partial charge is 0.511 e. The van der Waals surface area contributed by atoms with Crippen molar-refractivity contribution < 1.29 is 34.8 Å². The molecule has 1 aromatic rings. The third kappa shape index (κ3) is 3.58. The molecule has 0 heterocycles. The van der Waals surface area contributed by atoms with Gasteiger partial charge in [-0.05, 0) is 47.6 Å². The van der Waals surface area contributed by atoms with Gasteiger partial charge >= 0.3 is 0 Å². The predicted octanol–water partition coefficient (Wildman–Crippen LogP) is 6.88. The number of rotatable bonds is 5. The summed E-state index contributed by atoms with van der Waals surface area (Å²) in [6.45, 7) is 13.1. The van der Waals surface area contributed by atoms with Crippen molar-refractivity contribution in [2.24, 2.45) is 34.0 Å². The number of allylic oxidation sites excluding steroid dienone is 2. The summed E-state index contributed by atoms with van der Waals surface area (Å²) in [5.41, 5.74) is -5.34. The molecule has 42 heavy (non-hydrogen) atoms. The van der Waals surface area contributed by atoms with Gasteiger partial charge in [0.25, 0.3) is 0 Å². The highest BCUT2D eigenvalue weighted by molar-refractivity contribution is 6.26. The zero-order valence-electron chi connectivity index (χ0n) is 26.0. The quantitative estimate of drug-likeness (QED) is 0.280. The van der Waals surface area contributed by atoms with Crippen molar-refractivity contribution in [3.05, 3.63) is 52.0 Å². The molecule has 0 amide bonds. The number of aliphatic hydroxyl groups excluding tert-OH is 2. The maximum Gasteiger partial charge on any atom is 0.209 e. The van der Waals surface area contributed by atoms with Crippen LogP contribution in [0.2, 0.25) is 0 Å². The number of aliphatic hydroxyl groups is 3. The van der Waals surface area contributed by atoms with Crippen LogP contribution in [0.1, 0.15) is 115 Å². The number of carbonyl (C=O) groups is 3. The number of phenols is 1. The van der Waals surface area contributed by atoms with Crippen molar-refractivity contribution in [2.75, 3.05) is 0 Å². The first-order chi connectivity index (χ1) is 19.6. The van der Waals surface area contributed by atoms with E-state index in [1.807, 2.05) is 41.5 Å². The monoisotopic (exact) mass is 578 g/mol. The van der Waals surface area contributed by atoms with Gasteiger partial charge in [-0.2, -0.15) is 0 Å². The van der Waals surface area contributed by atoms with Gasteiger partial charge < -0.3 is 20.4 Å². The molecule has 1 unspecified atom stereocenters. The van der Waals surface area contributed by atoms with E-state index in [9.17, 15) is 34.8 Å². The minimum absolute atomic E-state index is 0.0453. The Labute approximate surface area is 248 Å². The van der Waals surface area contributed by atoms with E-state index in [-0.39, 0.29) is 40.4 Å². The molecule has 1 aromatic carbocycles. The van der Waals surface area contributed by atoms with Crippen molar-refractivity contribution in [3.8, 4) is 5.75 Å². The number of phenolic OH excluding ortho intramolecular Hbond substituents is 1. The Morgan fingerprint density at radius 2 is 1.64 bits per heavy atom. The van der Waals surface area contributed by atoms with Crippen LogP contribution in [0.5, 0.6) is 5.75 Å². The van der Waals surface area contributed by atoms with Crippen molar-refractivity contribution in [1.29, 1.82) is 0 Å². The molecule has 6 atom stereocenters. The zero-order chi connectivity index (χ0) is 31.2. The number of hydrogen-bond donors (Lipinski definition) is 4. The standard InChI is InChI=1S/C35H46O7/c1-8-34(15-10-9-11-16-34)17-23(37)25-29(39)26(18(2)3)33(7)20(5)32(6)19(4)21-13-12-14-22(36)24(21)28(38)27(32)31(41)35(33,42)30(25)40/h12-14,18-20,26,36,39,41-42H,8-11,15-17H2,1-7H3/t19-,20-,26?,32-,33-,35+/m1/s1. The molecule has 4 aliphatic rings. The molecule has 5 rings (SSSR count). The Bertz CT molecular complexity index is 1430. The lowest BCUT2D eigenvalue weighted by Crippen LogP contribution is -2.71. The number of hydrogen-bond acceptors (Lipinski definition) is 7. The van der Waals surface area contributed by atoms with E-state index in [2.05, 4.69) is 0 Å². The summed E-state index contributed by atoms with van der Waals surface area (Å²) in [5.74, 6) is -5.73. The smallest absolute Gasteiger partial charge is 0.209 e. The highest BCUT2D eigenvalue weighted by Crippen LogP contribution is 2.70. The van der Waals surface area contributed by atoms with Gasteiger partial charge in [-0.1, -0.05) is 86.3 Å². The van der Waals surface area contributed by atoms with Gasteiger partial charge in [0.2, 0.25) is 5.78 Å². The minimum Gasteiger partial charge on any atom is -0.511 e. The van der Waals surface area contributed by atoms with Gasteiger partial charge in [-0.25, -0.2) is 0 Å². The van der Waals surface area contributed by atoms with E-state index in [0.29, 0.717) is 5.56 Å². The van der Waals surface area contributed by atoms with Gasteiger partial charge in [-0.15, -0.1) is 0 Å². The molecule has 1 fully saturated rings. The van der Waals surface area contributed by atoms with E-state index < -0.39 is 62.9 Å². The molecular formula is C35H46O7. The Balaban J connectivity index is 1.76. The van der Waals surface area contributed by atoms with Crippen molar-refractivity contribution in [2.45, 2.75) is 105 Å². The summed E-state index contributed by atoms with van der Waals surface area (Å²) in [4.78, 5) is 42.7. The molecule has 7 heteroatoms. The second kappa shape index (κ2) is 9.80. The van der Waals surface area contributed by atoms with E-state index >= 15 is 0 Å². The van der Waals surface area contributed by atoms with E-state index in [1.165, 1.54) is 6.07 Å². The SMILES string of the molecule is CCC1(CC(=O)C2=C(O)C(C(C)C)[C@@]3(C)[C@H](C)[C@]4(C)C(=C(O)[C@@]3(O)C2=O)C(=O)c2c(O)cccc2[C@H]4C)CCCCC1. The summed E-state index contributed by atoms with van der Waals surface area (Å²) < 4.78 is 0. The fraction of sp³-hybridized carbons (Fsp3) is 0.629. The van der Waals surface area contributed by atoms with Crippen LogP contribution in [0.3, 0.4) is 0 Å². The maximum absolute atomic E-state index is 14.5. The first-order valence-electron chi connectivity index (χ1n) is 15.6. The van der Waals surface area contributed by atoms with Crippen molar-refractivity contribution in [1.82, 2.24) is 0 Å². The average Bonchev–Trinajstić information content (AvgIpc) is 2.93. The second-order valence-corrected chi connectivity index (χ2v) is 14.3.